The van der Waals surface area contributed by atoms with Gasteiger partial charge in [-0.05, 0) is 60.2 Å². The molecule has 1 unspecified atom stereocenters. The molecule has 23 heteroatoms. The number of nitrogens with zero attached hydrogens (tertiary/aromatic N) is 1. The number of methoxy groups -OCH3 is 1. The Balaban J connectivity index is 0.00000306. The maximum atomic E-state index is 13.0. The fraction of sp³-hybridized carbons (Fsp3) is 0.342. The molecule has 0 aliphatic heterocycles. The fourth-order valence-corrected chi connectivity index (χ4v) is 5.93. The van der Waals surface area contributed by atoms with E-state index in [4.69, 9.17) is 56.1 Å². The Morgan fingerprint density at radius 2 is 1.62 bits per heavy atom. The van der Waals surface area contributed by atoms with Crippen LogP contribution < -0.4 is 26.4 Å². The number of nitrogens with one attached hydrogen (secondary N) is 3. The Bertz CT molecular complexity index is 2160. The predicted octanol–water partition coefficient (Wildman–Crippen LogP) is 2.08. The summed E-state index contributed by atoms with van der Waals surface area (Å²) in [5.74, 6) is -7.70. The Morgan fingerprint density at radius 1 is 1.00 bits per heavy atom. The standard InChI is InChI=1S/C38H39Cl2N5O11S.H2O3S/c1-20(46)44-24-8-3-21(4-9-24)15-28(39)34(40)38(53)56-37(52)29(42)13-14-31(47)45-30(19-57)36(51)43-18-33(49)55-32(48)16-27-26(12-7-23(17-41)35(27)50)22-5-10-25(54-2)11-6-22;1-4(2)3/h3-6,8-11,23,29-30,57H,7,12-16,18-19,42H2,1-2H3,(H,43,51)(H,44,46)(H,45,47);4H,(H,1,2,3)/t23?,29-,30-;/m0./s1. The molecule has 0 saturated carbocycles. The summed E-state index contributed by atoms with van der Waals surface area (Å²) in [4.78, 5) is 99.4. The lowest BCUT2D eigenvalue weighted by molar-refractivity contribution is -0.160. The van der Waals surface area contributed by atoms with E-state index in [1.165, 1.54) is 14.0 Å². The normalized spacial score (nSPS) is 14.7. The van der Waals surface area contributed by atoms with Gasteiger partial charge in [-0.3, -0.25) is 28.5 Å². The molecule has 19 nitrogen and oxygen atoms in total. The Hall–Kier alpha value is -5.63. The van der Waals surface area contributed by atoms with Gasteiger partial charge in [-0.1, -0.05) is 47.5 Å². The van der Waals surface area contributed by atoms with Crippen molar-refractivity contribution in [2.45, 2.75) is 57.5 Å². The quantitative estimate of drug-likeness (QED) is 0.0393. The van der Waals surface area contributed by atoms with Crippen LogP contribution >= 0.6 is 35.8 Å². The minimum absolute atomic E-state index is 0.00738. The molecule has 0 aromatic heterocycles. The first-order valence-electron chi connectivity index (χ1n) is 17.8. The zero-order valence-electron chi connectivity index (χ0n) is 32.4. The number of esters is 4. The van der Waals surface area contributed by atoms with Gasteiger partial charge in [0.15, 0.2) is 5.78 Å². The van der Waals surface area contributed by atoms with Gasteiger partial charge in [0.25, 0.3) is 11.0 Å². The SMILES string of the molecule is COc1ccc(C2=C(CC(=O)OC(=O)CNC(=O)[C@H](CS)NC(=O)CC[C@H](N)C(=O)OC(=O)C(Cl)=C(Cl)Cc3ccc(NC(C)=O)cc3)C(=O)C(C#N)CC2)cc1.O=[SH](=O)O. The van der Waals surface area contributed by atoms with Crippen LogP contribution in [0.25, 0.3) is 5.57 Å². The van der Waals surface area contributed by atoms with Crippen molar-refractivity contribution in [3.8, 4) is 11.8 Å². The number of nitriles is 1. The van der Waals surface area contributed by atoms with Crippen LogP contribution in [0.15, 0.2) is 64.2 Å². The molecule has 1 aliphatic rings. The van der Waals surface area contributed by atoms with Crippen LogP contribution in [0.4, 0.5) is 5.69 Å². The smallest absolute Gasteiger partial charge is 0.358 e. The van der Waals surface area contributed by atoms with Gasteiger partial charge >= 0.3 is 23.9 Å². The third kappa shape index (κ3) is 17.9. The summed E-state index contributed by atoms with van der Waals surface area (Å²) in [6.07, 6.45) is -0.693. The van der Waals surface area contributed by atoms with Crippen molar-refractivity contribution >= 4 is 105 Å². The van der Waals surface area contributed by atoms with E-state index in [9.17, 15) is 43.6 Å². The first-order chi connectivity index (χ1) is 28.8. The maximum Gasteiger partial charge on any atom is 0.358 e. The van der Waals surface area contributed by atoms with Crippen LogP contribution in [0, 0.1) is 17.2 Å². The summed E-state index contributed by atoms with van der Waals surface area (Å²) < 4.78 is 38.9. The molecule has 2 aromatic carbocycles. The summed E-state index contributed by atoms with van der Waals surface area (Å²) in [5, 5.41) is 15.9. The van der Waals surface area contributed by atoms with Crippen LogP contribution in [-0.2, 0) is 65.2 Å². The second kappa shape index (κ2) is 25.9. The molecule has 0 bridgehead atoms. The van der Waals surface area contributed by atoms with Crippen molar-refractivity contribution in [2.24, 2.45) is 11.7 Å². The molecule has 1 aliphatic carbocycles. The second-order valence-electron chi connectivity index (χ2n) is 12.7. The Kier molecular flexibility index (Phi) is 21.8. The highest BCUT2D eigenvalue weighted by atomic mass is 35.5. The number of anilines is 1. The molecule has 0 radical (unpaired) electrons. The number of benzene rings is 2. The highest BCUT2D eigenvalue weighted by Gasteiger charge is 2.32. The zero-order chi connectivity index (χ0) is 45.8. The lowest BCUT2D eigenvalue weighted by atomic mass is 9.79. The van der Waals surface area contributed by atoms with Crippen molar-refractivity contribution in [2.75, 3.05) is 24.7 Å². The average Bonchev–Trinajstić information content (AvgIpc) is 3.21. The number of nitrogens with two attached hydrogens (primary N) is 1. The van der Waals surface area contributed by atoms with Gasteiger partial charge in [0, 0.05) is 41.8 Å². The number of amides is 3. The highest BCUT2D eigenvalue weighted by Crippen LogP contribution is 2.35. The van der Waals surface area contributed by atoms with E-state index < -0.39 is 94.9 Å². The van der Waals surface area contributed by atoms with E-state index in [0.29, 0.717) is 34.6 Å². The van der Waals surface area contributed by atoms with Crippen molar-refractivity contribution < 1.29 is 65.5 Å². The molecule has 0 spiro atoms. The number of ether oxygens (including phenoxy) is 3. The van der Waals surface area contributed by atoms with Gasteiger partial charge in [0.05, 0.1) is 19.6 Å². The number of ketones is 1. The number of halogens is 2. The first kappa shape index (κ1) is 51.5. The molecule has 0 saturated heterocycles. The molecule has 3 rings (SSSR count). The molecule has 0 fully saturated rings. The molecule has 3 amide bonds. The summed E-state index contributed by atoms with van der Waals surface area (Å²) in [6, 6.07) is 12.5. The number of carbonyl (C=O) groups is 8. The van der Waals surface area contributed by atoms with E-state index in [2.05, 4.69) is 28.6 Å². The zero-order valence-corrected chi connectivity index (χ0v) is 35.7. The number of hydrogen-bond acceptors (Lipinski definition) is 16. The van der Waals surface area contributed by atoms with E-state index in [-0.39, 0.29) is 41.5 Å². The molecule has 2 aromatic rings. The van der Waals surface area contributed by atoms with Gasteiger partial charge < -0.3 is 35.9 Å². The fourth-order valence-electron chi connectivity index (χ4n) is 5.34. The summed E-state index contributed by atoms with van der Waals surface area (Å²) >= 11 is 16.2. The van der Waals surface area contributed by atoms with Gasteiger partial charge in [-0.25, -0.2) is 22.8 Å². The molecule has 0 heterocycles. The Labute approximate surface area is 366 Å². The minimum atomic E-state index is -3.12. The van der Waals surface area contributed by atoms with Crippen molar-refractivity contribution in [1.29, 1.82) is 5.26 Å². The van der Waals surface area contributed by atoms with Gasteiger partial charge in [0.1, 0.15) is 35.3 Å². The van der Waals surface area contributed by atoms with Crippen LogP contribution in [0.3, 0.4) is 0 Å². The third-order valence-electron chi connectivity index (χ3n) is 8.28. The molecule has 328 valence electrons. The van der Waals surface area contributed by atoms with Crippen molar-refractivity contribution in [1.82, 2.24) is 10.6 Å². The lowest BCUT2D eigenvalue weighted by Gasteiger charge is -2.22. The number of rotatable bonds is 17. The largest absolute Gasteiger partial charge is 0.497 e. The van der Waals surface area contributed by atoms with Crippen LogP contribution in [-0.4, -0.2) is 91.8 Å². The third-order valence-corrected chi connectivity index (χ3v) is 9.44. The van der Waals surface area contributed by atoms with Crippen LogP contribution in [0.5, 0.6) is 5.75 Å². The van der Waals surface area contributed by atoms with E-state index in [1.54, 1.807) is 48.5 Å². The molecule has 61 heavy (non-hydrogen) atoms. The number of thiol groups is 2. The topological polar surface area (TPSA) is 305 Å². The predicted molar refractivity (Wildman–Crippen MR) is 222 cm³/mol. The number of carbonyl (C=O) groups excluding carboxylic acids is 8. The van der Waals surface area contributed by atoms with Crippen LogP contribution in [0.1, 0.15) is 50.2 Å². The van der Waals surface area contributed by atoms with Gasteiger partial charge in [0.2, 0.25) is 17.7 Å². The van der Waals surface area contributed by atoms with Crippen molar-refractivity contribution in [3.63, 3.8) is 0 Å². The molecule has 3 atom stereocenters. The summed E-state index contributed by atoms with van der Waals surface area (Å²) in [6.45, 7) is 0.581. The van der Waals surface area contributed by atoms with E-state index >= 15 is 0 Å². The van der Waals surface area contributed by atoms with Crippen molar-refractivity contribution in [3.05, 3.63) is 75.3 Å². The molecular formula is C38H41Cl2N5O14S2. The summed E-state index contributed by atoms with van der Waals surface area (Å²) in [7, 11) is -1.62. The van der Waals surface area contributed by atoms with E-state index in [1.807, 2.05) is 6.07 Å². The molecule has 6 N–H and O–H groups in total. The number of hydrogen-bond donors (Lipinski definition) is 7. The molecular weight excluding hydrogens is 885 g/mol. The first-order valence-corrected chi connectivity index (χ1v) is 20.3. The number of allylic oxidation sites excluding steroid dienone is 2. The van der Waals surface area contributed by atoms with Gasteiger partial charge in [-0.15, -0.1) is 0 Å². The summed E-state index contributed by atoms with van der Waals surface area (Å²) in [5.41, 5.74) is 8.19. The lowest BCUT2D eigenvalue weighted by Crippen LogP contribution is -2.49. The number of Topliss-reactive ketones (excluding diaryl/α,β-unsaturated/α-hetero) is 1. The van der Waals surface area contributed by atoms with Crippen LogP contribution in [0.2, 0.25) is 0 Å². The highest BCUT2D eigenvalue weighted by molar-refractivity contribution is 7.80. The van der Waals surface area contributed by atoms with E-state index in [0.717, 1.165) is 0 Å². The minimum Gasteiger partial charge on any atom is -0.497 e. The Morgan fingerprint density at radius 3 is 2.18 bits per heavy atom. The second-order valence-corrected chi connectivity index (χ2v) is 14.4. The monoisotopic (exact) mass is 925 g/mol. The average molecular weight is 927 g/mol. The maximum absolute atomic E-state index is 13.0. The van der Waals surface area contributed by atoms with Gasteiger partial charge in [-0.2, -0.15) is 17.9 Å².